The molecule has 0 bridgehead atoms. The molecule has 3 rings (SSSR count). The van der Waals surface area contributed by atoms with Crippen LogP contribution in [-0.2, 0) is 11.8 Å². The van der Waals surface area contributed by atoms with Crippen molar-refractivity contribution in [3.63, 3.8) is 0 Å². The van der Waals surface area contributed by atoms with E-state index in [0.29, 0.717) is 16.9 Å². The maximum atomic E-state index is 12.2. The number of nitriles is 1. The van der Waals surface area contributed by atoms with Gasteiger partial charge in [-0.05, 0) is 29.8 Å². The van der Waals surface area contributed by atoms with Crippen molar-refractivity contribution in [3.8, 4) is 11.8 Å². The summed E-state index contributed by atoms with van der Waals surface area (Å²) in [7, 11) is 0. The Hall–Kier alpha value is -2.98. The SMILES string of the molecule is N#C[C@](CO)(Cc1ccc(OC(F)F)cc1)c1nc2ccccc2[nH]1. The van der Waals surface area contributed by atoms with Gasteiger partial charge in [-0.15, -0.1) is 0 Å². The van der Waals surface area contributed by atoms with Gasteiger partial charge in [-0.1, -0.05) is 24.3 Å². The molecular weight excluding hydrogens is 328 g/mol. The van der Waals surface area contributed by atoms with Gasteiger partial charge in [0.1, 0.15) is 17.0 Å². The molecule has 0 aliphatic heterocycles. The summed E-state index contributed by atoms with van der Waals surface area (Å²) in [4.78, 5) is 7.50. The number of H-pyrrole nitrogens is 1. The predicted octanol–water partition coefficient (Wildman–Crippen LogP) is 3.16. The summed E-state index contributed by atoms with van der Waals surface area (Å²) < 4.78 is 28.7. The van der Waals surface area contributed by atoms with Gasteiger partial charge in [0.15, 0.2) is 0 Å². The standard InChI is InChI=1S/C18H15F2N3O2/c19-17(20)25-13-7-5-12(6-8-13)9-18(10-21,11-24)16-22-14-3-1-2-4-15(14)23-16/h1-8,17,24H,9,11H2,(H,22,23)/t18-/m0/s1. The second kappa shape index (κ2) is 6.87. The van der Waals surface area contributed by atoms with E-state index in [1.54, 1.807) is 12.1 Å². The van der Waals surface area contributed by atoms with Crippen LogP contribution in [0.3, 0.4) is 0 Å². The first-order chi connectivity index (χ1) is 12.1. The maximum absolute atomic E-state index is 12.2. The molecule has 0 fully saturated rings. The molecule has 2 aromatic carbocycles. The first kappa shape index (κ1) is 16.9. The first-order valence-electron chi connectivity index (χ1n) is 7.57. The van der Waals surface area contributed by atoms with Gasteiger partial charge in [-0.2, -0.15) is 14.0 Å². The Morgan fingerprint density at radius 2 is 1.92 bits per heavy atom. The number of aromatic nitrogens is 2. The largest absolute Gasteiger partial charge is 0.435 e. The van der Waals surface area contributed by atoms with Crippen LogP contribution >= 0.6 is 0 Å². The van der Waals surface area contributed by atoms with Crippen molar-refractivity contribution >= 4 is 11.0 Å². The van der Waals surface area contributed by atoms with E-state index in [-0.39, 0.29) is 12.2 Å². The fraction of sp³-hybridized carbons (Fsp3) is 0.222. The number of imidazole rings is 1. The number of rotatable bonds is 6. The van der Waals surface area contributed by atoms with Gasteiger partial charge < -0.3 is 14.8 Å². The van der Waals surface area contributed by atoms with Crippen molar-refractivity contribution in [3.05, 3.63) is 59.9 Å². The molecule has 0 aliphatic rings. The van der Waals surface area contributed by atoms with E-state index in [1.165, 1.54) is 12.1 Å². The second-order valence-corrected chi connectivity index (χ2v) is 5.65. The third-order valence-electron chi connectivity index (χ3n) is 3.98. The van der Waals surface area contributed by atoms with Gasteiger partial charge in [-0.3, -0.25) is 0 Å². The van der Waals surface area contributed by atoms with Crippen LogP contribution in [0, 0.1) is 11.3 Å². The molecule has 1 aromatic heterocycles. The first-order valence-corrected chi connectivity index (χ1v) is 7.57. The lowest BCUT2D eigenvalue weighted by atomic mass is 9.83. The van der Waals surface area contributed by atoms with Gasteiger partial charge in [0.2, 0.25) is 0 Å². The molecular formula is C18H15F2N3O2. The molecule has 0 aliphatic carbocycles. The van der Waals surface area contributed by atoms with Crippen molar-refractivity contribution < 1.29 is 18.6 Å². The molecule has 0 spiro atoms. The van der Waals surface area contributed by atoms with E-state index >= 15 is 0 Å². The number of benzene rings is 2. The van der Waals surface area contributed by atoms with Gasteiger partial charge in [-0.25, -0.2) is 4.98 Å². The Kier molecular flexibility index (Phi) is 4.63. The normalized spacial score (nSPS) is 13.6. The lowest BCUT2D eigenvalue weighted by molar-refractivity contribution is -0.0498. The molecule has 1 heterocycles. The zero-order valence-corrected chi connectivity index (χ0v) is 13.1. The molecule has 1 atom stereocenters. The number of halogens is 2. The van der Waals surface area contributed by atoms with Crippen LogP contribution in [0.15, 0.2) is 48.5 Å². The summed E-state index contributed by atoms with van der Waals surface area (Å²) in [6, 6.07) is 15.4. The number of nitrogens with one attached hydrogen (secondary N) is 1. The minimum Gasteiger partial charge on any atom is -0.435 e. The zero-order chi connectivity index (χ0) is 17.9. The van der Waals surface area contributed by atoms with Crippen molar-refractivity contribution in [1.29, 1.82) is 5.26 Å². The Labute approximate surface area is 142 Å². The van der Waals surface area contributed by atoms with Gasteiger partial charge in [0.25, 0.3) is 0 Å². The Morgan fingerprint density at radius 1 is 1.20 bits per heavy atom. The molecule has 0 radical (unpaired) electrons. The van der Waals surface area contributed by atoms with E-state index in [2.05, 4.69) is 20.8 Å². The van der Waals surface area contributed by atoms with Gasteiger partial charge in [0.05, 0.1) is 23.7 Å². The van der Waals surface area contributed by atoms with Crippen LogP contribution < -0.4 is 4.74 Å². The van der Waals surface area contributed by atoms with Crippen LogP contribution in [-0.4, -0.2) is 28.3 Å². The van der Waals surface area contributed by atoms with E-state index in [1.807, 2.05) is 24.3 Å². The molecule has 7 heteroatoms. The van der Waals surface area contributed by atoms with Crippen LogP contribution in [0.25, 0.3) is 11.0 Å². The highest BCUT2D eigenvalue weighted by molar-refractivity contribution is 5.75. The molecule has 3 aromatic rings. The van der Waals surface area contributed by atoms with Crippen LogP contribution in [0.1, 0.15) is 11.4 Å². The van der Waals surface area contributed by atoms with E-state index < -0.39 is 18.6 Å². The summed E-state index contributed by atoms with van der Waals surface area (Å²) in [6.45, 7) is -3.32. The molecule has 0 unspecified atom stereocenters. The van der Waals surface area contributed by atoms with Crippen molar-refractivity contribution in [2.45, 2.75) is 18.4 Å². The lowest BCUT2D eigenvalue weighted by Gasteiger charge is -2.22. The van der Waals surface area contributed by atoms with Crippen molar-refractivity contribution in [2.75, 3.05) is 6.61 Å². The summed E-state index contributed by atoms with van der Waals surface area (Å²) in [5.41, 5.74) is 0.902. The number of fused-ring (bicyclic) bond motifs is 1. The monoisotopic (exact) mass is 343 g/mol. The summed E-state index contributed by atoms with van der Waals surface area (Å²) in [6.07, 6.45) is 0.175. The molecule has 0 saturated carbocycles. The highest BCUT2D eigenvalue weighted by Crippen LogP contribution is 2.28. The third-order valence-corrected chi connectivity index (χ3v) is 3.98. The fourth-order valence-electron chi connectivity index (χ4n) is 2.66. The number of nitrogens with zero attached hydrogens (tertiary/aromatic N) is 2. The second-order valence-electron chi connectivity index (χ2n) is 5.65. The molecule has 128 valence electrons. The molecule has 25 heavy (non-hydrogen) atoms. The average Bonchev–Trinajstić information content (AvgIpc) is 3.05. The topological polar surface area (TPSA) is 81.9 Å². The lowest BCUT2D eigenvalue weighted by Crippen LogP contribution is -2.33. The summed E-state index contributed by atoms with van der Waals surface area (Å²) in [5.74, 6) is 0.403. The fourth-order valence-corrected chi connectivity index (χ4v) is 2.66. The minimum atomic E-state index is -2.89. The van der Waals surface area contributed by atoms with Gasteiger partial charge >= 0.3 is 6.61 Å². The third kappa shape index (κ3) is 3.44. The Morgan fingerprint density at radius 3 is 2.52 bits per heavy atom. The number of aromatic amines is 1. The highest BCUT2D eigenvalue weighted by atomic mass is 19.3. The van der Waals surface area contributed by atoms with Crippen molar-refractivity contribution in [1.82, 2.24) is 9.97 Å². The predicted molar refractivity (Wildman–Crippen MR) is 87.2 cm³/mol. The molecule has 2 N–H and O–H groups in total. The number of aliphatic hydroxyl groups excluding tert-OH is 1. The van der Waals surface area contributed by atoms with Crippen LogP contribution in [0.4, 0.5) is 8.78 Å². The van der Waals surface area contributed by atoms with Crippen molar-refractivity contribution in [2.24, 2.45) is 0 Å². The number of hydrogen-bond donors (Lipinski definition) is 2. The number of para-hydroxylation sites is 2. The smallest absolute Gasteiger partial charge is 0.387 e. The maximum Gasteiger partial charge on any atom is 0.387 e. The van der Waals surface area contributed by atoms with E-state index in [4.69, 9.17) is 0 Å². The Bertz CT molecular complexity index is 870. The summed E-state index contributed by atoms with van der Waals surface area (Å²) >= 11 is 0. The number of aliphatic hydroxyl groups is 1. The number of hydrogen-bond acceptors (Lipinski definition) is 4. The molecule has 5 nitrogen and oxygen atoms in total. The molecule has 0 saturated heterocycles. The zero-order valence-electron chi connectivity index (χ0n) is 13.1. The van der Waals surface area contributed by atoms with Crippen LogP contribution in [0.2, 0.25) is 0 Å². The average molecular weight is 343 g/mol. The number of alkyl halides is 2. The highest BCUT2D eigenvalue weighted by Gasteiger charge is 2.35. The van der Waals surface area contributed by atoms with E-state index in [9.17, 15) is 19.1 Å². The summed E-state index contributed by atoms with van der Waals surface area (Å²) in [5, 5.41) is 19.6. The quantitative estimate of drug-likeness (QED) is 0.720. The number of ether oxygens (including phenoxy) is 1. The van der Waals surface area contributed by atoms with Crippen LogP contribution in [0.5, 0.6) is 5.75 Å². The molecule has 0 amide bonds. The van der Waals surface area contributed by atoms with E-state index in [0.717, 1.165) is 5.52 Å². The Balaban J connectivity index is 1.91. The minimum absolute atomic E-state index is 0.0362. The van der Waals surface area contributed by atoms with Gasteiger partial charge in [0, 0.05) is 6.42 Å².